The van der Waals surface area contributed by atoms with Crippen molar-refractivity contribution in [1.82, 2.24) is 14.9 Å². The normalized spacial score (nSPS) is 23.9. The standard InChI is InChI=1S/C21H29N3O2S/c1-5-22-19(25)15(4)27-21-23-17-11-7-6-10-16(17)20(26)24(21)18-12-8-9-13(2)14(18)3/h6-7,10-11,13-15,18H,5,8-9,12H2,1-4H3,(H,22,25)/t13-,14-,15-,18+/m0/s1. The van der Waals surface area contributed by atoms with Gasteiger partial charge in [0.05, 0.1) is 16.2 Å². The summed E-state index contributed by atoms with van der Waals surface area (Å²) in [7, 11) is 0. The minimum Gasteiger partial charge on any atom is -0.355 e. The second-order valence-electron chi connectivity index (χ2n) is 7.58. The third-order valence-electron chi connectivity index (χ3n) is 5.77. The van der Waals surface area contributed by atoms with Gasteiger partial charge in [-0.05, 0) is 44.2 Å². The van der Waals surface area contributed by atoms with Crippen LogP contribution in [0.1, 0.15) is 53.0 Å². The molecule has 1 aromatic heterocycles. The first-order valence-electron chi connectivity index (χ1n) is 9.89. The predicted molar refractivity (Wildman–Crippen MR) is 111 cm³/mol. The van der Waals surface area contributed by atoms with E-state index in [4.69, 9.17) is 4.98 Å². The van der Waals surface area contributed by atoms with E-state index < -0.39 is 0 Å². The lowest BCUT2D eigenvalue weighted by atomic mass is 9.78. The van der Waals surface area contributed by atoms with Crippen LogP contribution >= 0.6 is 11.8 Å². The molecule has 0 bridgehead atoms. The van der Waals surface area contributed by atoms with Crippen LogP contribution in [-0.4, -0.2) is 27.3 Å². The van der Waals surface area contributed by atoms with Gasteiger partial charge in [0.15, 0.2) is 5.16 Å². The monoisotopic (exact) mass is 387 g/mol. The molecule has 1 aliphatic carbocycles. The van der Waals surface area contributed by atoms with Gasteiger partial charge in [0.25, 0.3) is 5.56 Å². The fourth-order valence-electron chi connectivity index (χ4n) is 3.95. The maximum Gasteiger partial charge on any atom is 0.262 e. The van der Waals surface area contributed by atoms with Gasteiger partial charge in [-0.15, -0.1) is 0 Å². The first kappa shape index (κ1) is 19.9. The van der Waals surface area contributed by atoms with Gasteiger partial charge < -0.3 is 5.32 Å². The summed E-state index contributed by atoms with van der Waals surface area (Å²) in [5.74, 6) is 0.945. The Kier molecular flexibility index (Phi) is 6.25. The number of aromatic nitrogens is 2. The average molecular weight is 388 g/mol. The highest BCUT2D eigenvalue weighted by Gasteiger charge is 2.32. The smallest absolute Gasteiger partial charge is 0.262 e. The maximum absolute atomic E-state index is 13.4. The lowest BCUT2D eigenvalue weighted by Crippen LogP contribution is -2.36. The lowest BCUT2D eigenvalue weighted by molar-refractivity contribution is -0.120. The molecule has 4 atom stereocenters. The Morgan fingerprint density at radius 2 is 2.07 bits per heavy atom. The lowest BCUT2D eigenvalue weighted by Gasteiger charge is -2.36. The van der Waals surface area contributed by atoms with Crippen LogP contribution in [0.5, 0.6) is 0 Å². The van der Waals surface area contributed by atoms with E-state index in [1.54, 1.807) is 0 Å². The number of hydrogen-bond donors (Lipinski definition) is 1. The molecule has 0 unspecified atom stereocenters. The number of thioether (sulfide) groups is 1. The van der Waals surface area contributed by atoms with Crippen molar-refractivity contribution in [2.75, 3.05) is 6.54 Å². The Hall–Kier alpha value is -1.82. The second-order valence-corrected chi connectivity index (χ2v) is 8.88. The Morgan fingerprint density at radius 1 is 1.33 bits per heavy atom. The van der Waals surface area contributed by atoms with Crippen molar-refractivity contribution in [1.29, 1.82) is 0 Å². The van der Waals surface area contributed by atoms with Gasteiger partial charge >= 0.3 is 0 Å². The van der Waals surface area contributed by atoms with Crippen molar-refractivity contribution >= 4 is 28.6 Å². The van der Waals surface area contributed by atoms with Crippen LogP contribution in [0.15, 0.2) is 34.2 Å². The number of nitrogens with one attached hydrogen (secondary N) is 1. The van der Waals surface area contributed by atoms with Gasteiger partial charge in [0, 0.05) is 12.6 Å². The van der Waals surface area contributed by atoms with Gasteiger partial charge in [-0.2, -0.15) is 0 Å². The summed E-state index contributed by atoms with van der Waals surface area (Å²) >= 11 is 1.38. The van der Waals surface area contributed by atoms with Crippen molar-refractivity contribution in [2.45, 2.75) is 63.4 Å². The van der Waals surface area contributed by atoms with E-state index in [9.17, 15) is 9.59 Å². The van der Waals surface area contributed by atoms with Crippen LogP contribution in [0.4, 0.5) is 0 Å². The van der Waals surface area contributed by atoms with Gasteiger partial charge in [0.2, 0.25) is 5.91 Å². The molecule has 1 amide bonds. The molecule has 27 heavy (non-hydrogen) atoms. The summed E-state index contributed by atoms with van der Waals surface area (Å²) < 4.78 is 1.88. The topological polar surface area (TPSA) is 64.0 Å². The maximum atomic E-state index is 13.4. The van der Waals surface area contributed by atoms with Gasteiger partial charge in [0.1, 0.15) is 0 Å². The van der Waals surface area contributed by atoms with Gasteiger partial charge in [-0.1, -0.05) is 50.6 Å². The van der Waals surface area contributed by atoms with Gasteiger partial charge in [-0.25, -0.2) is 4.98 Å². The zero-order valence-corrected chi connectivity index (χ0v) is 17.4. The van der Waals surface area contributed by atoms with Crippen LogP contribution in [-0.2, 0) is 4.79 Å². The van der Waals surface area contributed by atoms with Crippen molar-refractivity contribution < 1.29 is 4.79 Å². The number of amides is 1. The van der Waals surface area contributed by atoms with Crippen LogP contribution < -0.4 is 10.9 Å². The molecule has 146 valence electrons. The number of nitrogens with zero attached hydrogens (tertiary/aromatic N) is 2. The van der Waals surface area contributed by atoms with Crippen LogP contribution in [0.3, 0.4) is 0 Å². The number of fused-ring (bicyclic) bond motifs is 1. The molecule has 0 radical (unpaired) electrons. The van der Waals surface area contributed by atoms with E-state index >= 15 is 0 Å². The third kappa shape index (κ3) is 4.05. The SMILES string of the molecule is CCNC(=O)[C@H](C)Sc1nc2ccccc2c(=O)n1[C@@H]1CCC[C@H](C)[C@@H]1C. The van der Waals surface area contributed by atoms with Crippen molar-refractivity contribution in [2.24, 2.45) is 11.8 Å². The second kappa shape index (κ2) is 8.46. The molecule has 1 saturated carbocycles. The average Bonchev–Trinajstić information content (AvgIpc) is 2.65. The van der Waals surface area contributed by atoms with E-state index in [2.05, 4.69) is 19.2 Å². The number of carbonyl (C=O) groups is 1. The van der Waals surface area contributed by atoms with Crippen LogP contribution in [0, 0.1) is 11.8 Å². The molecule has 5 nitrogen and oxygen atoms in total. The Labute approximate surface area is 164 Å². The molecule has 1 fully saturated rings. The van der Waals surface area contributed by atoms with Gasteiger partial charge in [-0.3, -0.25) is 14.2 Å². The van der Waals surface area contributed by atoms with E-state index in [1.807, 2.05) is 42.7 Å². The molecule has 1 aromatic carbocycles. The number of benzene rings is 1. The fraction of sp³-hybridized carbons (Fsp3) is 0.571. The molecule has 6 heteroatoms. The predicted octanol–water partition coefficient (Wildman–Crippen LogP) is 4.01. The Bertz CT molecular complexity index is 879. The molecule has 0 aliphatic heterocycles. The molecule has 3 rings (SSSR count). The highest BCUT2D eigenvalue weighted by atomic mass is 32.2. The fourth-order valence-corrected chi connectivity index (χ4v) is 4.94. The van der Waals surface area contributed by atoms with Crippen molar-refractivity contribution in [3.8, 4) is 0 Å². The minimum absolute atomic E-state index is 0.0112. The number of para-hydroxylation sites is 1. The van der Waals surface area contributed by atoms with Crippen molar-refractivity contribution in [3.63, 3.8) is 0 Å². The third-order valence-corrected chi connectivity index (χ3v) is 6.84. The summed E-state index contributed by atoms with van der Waals surface area (Å²) in [6.07, 6.45) is 3.30. The molecule has 1 N–H and O–H groups in total. The summed E-state index contributed by atoms with van der Waals surface area (Å²) in [5.41, 5.74) is 0.706. The molecule has 1 heterocycles. The summed E-state index contributed by atoms with van der Waals surface area (Å²) in [4.78, 5) is 30.4. The molecular weight excluding hydrogens is 358 g/mol. The highest BCUT2D eigenvalue weighted by Crippen LogP contribution is 2.39. The van der Waals surface area contributed by atoms with Crippen LogP contribution in [0.2, 0.25) is 0 Å². The van der Waals surface area contributed by atoms with E-state index in [1.165, 1.54) is 18.2 Å². The zero-order valence-electron chi connectivity index (χ0n) is 16.6. The van der Waals surface area contributed by atoms with E-state index in [0.717, 1.165) is 12.8 Å². The molecule has 0 spiro atoms. The summed E-state index contributed by atoms with van der Waals surface area (Å²) in [5, 5.41) is 3.86. The first-order valence-corrected chi connectivity index (χ1v) is 10.8. The largest absolute Gasteiger partial charge is 0.355 e. The zero-order chi connectivity index (χ0) is 19.6. The molecule has 1 aliphatic rings. The molecule has 0 saturated heterocycles. The number of carbonyl (C=O) groups excluding carboxylic acids is 1. The Balaban J connectivity index is 2.10. The summed E-state index contributed by atoms with van der Waals surface area (Å²) in [6.45, 7) is 8.87. The van der Waals surface area contributed by atoms with Crippen LogP contribution in [0.25, 0.3) is 10.9 Å². The molecule has 2 aromatic rings. The minimum atomic E-state index is -0.305. The van der Waals surface area contributed by atoms with E-state index in [-0.39, 0.29) is 22.8 Å². The first-order chi connectivity index (χ1) is 12.9. The Morgan fingerprint density at radius 3 is 2.81 bits per heavy atom. The van der Waals surface area contributed by atoms with E-state index in [0.29, 0.717) is 34.4 Å². The quantitative estimate of drug-likeness (QED) is 0.622. The summed E-state index contributed by atoms with van der Waals surface area (Å²) in [6, 6.07) is 7.62. The molecular formula is C21H29N3O2S. The highest BCUT2D eigenvalue weighted by molar-refractivity contribution is 8.00. The number of rotatable bonds is 5. The van der Waals surface area contributed by atoms with Crippen molar-refractivity contribution in [3.05, 3.63) is 34.6 Å². The number of hydrogen-bond acceptors (Lipinski definition) is 4.